The van der Waals surface area contributed by atoms with Crippen LogP contribution in [0.5, 0.6) is 0 Å². The number of rotatable bonds is 17. The van der Waals surface area contributed by atoms with Crippen molar-refractivity contribution in [2.45, 2.75) is 57.5 Å². The van der Waals surface area contributed by atoms with Crippen molar-refractivity contribution in [3.8, 4) is 0 Å². The highest BCUT2D eigenvalue weighted by molar-refractivity contribution is 5.68. The summed E-state index contributed by atoms with van der Waals surface area (Å²) in [6.45, 7) is 5.09. The van der Waals surface area contributed by atoms with E-state index in [0.717, 1.165) is 22.3 Å². The second kappa shape index (κ2) is 17.7. The average Bonchev–Trinajstić information content (AvgIpc) is 3.05. The Morgan fingerprint density at radius 2 is 1.21 bits per heavy atom. The first-order valence-electron chi connectivity index (χ1n) is 14.7. The fourth-order valence-electron chi connectivity index (χ4n) is 4.84. The molecule has 0 saturated heterocycles. The molecule has 1 N–H and O–H groups in total. The first-order chi connectivity index (χ1) is 21.1. The zero-order valence-electron chi connectivity index (χ0n) is 24.5. The fourth-order valence-corrected chi connectivity index (χ4v) is 4.84. The Labute approximate surface area is 255 Å². The Morgan fingerprint density at radius 1 is 0.721 bits per heavy atom. The molecule has 1 amide bonds. The van der Waals surface area contributed by atoms with E-state index in [1.807, 2.05) is 121 Å². The lowest BCUT2D eigenvalue weighted by Gasteiger charge is -2.37. The molecule has 43 heavy (non-hydrogen) atoms. The Morgan fingerprint density at radius 3 is 1.74 bits per heavy atom. The van der Waals surface area contributed by atoms with Crippen molar-refractivity contribution < 1.29 is 24.1 Å². The van der Waals surface area contributed by atoms with E-state index in [2.05, 4.69) is 6.58 Å². The summed E-state index contributed by atoms with van der Waals surface area (Å²) in [6, 6.07) is 38.6. The Bertz CT molecular complexity index is 1330. The molecular weight excluding hydrogens is 538 g/mol. The molecule has 0 radical (unpaired) electrons. The second-order valence-corrected chi connectivity index (χ2v) is 10.5. The molecule has 0 aliphatic rings. The summed E-state index contributed by atoms with van der Waals surface area (Å²) in [5, 5.41) is 10.9. The van der Waals surface area contributed by atoms with Gasteiger partial charge in [-0.3, -0.25) is 4.90 Å². The Kier molecular flexibility index (Phi) is 13.0. The van der Waals surface area contributed by atoms with Crippen molar-refractivity contribution in [2.75, 3.05) is 6.61 Å². The zero-order chi connectivity index (χ0) is 30.1. The van der Waals surface area contributed by atoms with Crippen LogP contribution in [0, 0.1) is 0 Å². The lowest BCUT2D eigenvalue weighted by molar-refractivity contribution is -0.0736. The number of aliphatic hydroxyl groups excluding tert-OH is 1. The van der Waals surface area contributed by atoms with Crippen molar-refractivity contribution in [2.24, 2.45) is 0 Å². The normalized spacial score (nSPS) is 13.0. The summed E-state index contributed by atoms with van der Waals surface area (Å²) in [6.07, 6.45) is 0.644. The SMILES string of the molecule is C=CC[C@@H](O)C[C@H](OCc1ccccc1)[C@H](COCc1ccccc1)N(Cc1ccccc1)C(=O)OCc1ccccc1. The maximum atomic E-state index is 13.9. The predicted molar refractivity (Wildman–Crippen MR) is 169 cm³/mol. The molecule has 6 nitrogen and oxygen atoms in total. The van der Waals surface area contributed by atoms with Gasteiger partial charge in [0, 0.05) is 13.0 Å². The molecular formula is C37H41NO5. The van der Waals surface area contributed by atoms with Crippen LogP contribution in [-0.4, -0.2) is 41.0 Å². The summed E-state index contributed by atoms with van der Waals surface area (Å²) >= 11 is 0. The van der Waals surface area contributed by atoms with Crippen LogP contribution >= 0.6 is 0 Å². The van der Waals surface area contributed by atoms with Crippen LogP contribution in [0.15, 0.2) is 134 Å². The van der Waals surface area contributed by atoms with Gasteiger partial charge < -0.3 is 19.3 Å². The van der Waals surface area contributed by atoms with Crippen LogP contribution in [0.3, 0.4) is 0 Å². The van der Waals surface area contributed by atoms with Gasteiger partial charge in [0.1, 0.15) is 6.61 Å². The smallest absolute Gasteiger partial charge is 0.410 e. The molecule has 0 heterocycles. The molecule has 0 aromatic heterocycles. The molecule has 0 unspecified atom stereocenters. The Hall–Kier alpha value is -4.23. The van der Waals surface area contributed by atoms with E-state index >= 15 is 0 Å². The van der Waals surface area contributed by atoms with Crippen molar-refractivity contribution in [1.82, 2.24) is 4.90 Å². The monoisotopic (exact) mass is 579 g/mol. The lowest BCUT2D eigenvalue weighted by atomic mass is 10.0. The minimum atomic E-state index is -0.700. The van der Waals surface area contributed by atoms with Gasteiger partial charge in [0.15, 0.2) is 0 Å². The summed E-state index contributed by atoms with van der Waals surface area (Å²) in [4.78, 5) is 15.6. The van der Waals surface area contributed by atoms with Gasteiger partial charge in [-0.25, -0.2) is 4.79 Å². The third-order valence-electron chi connectivity index (χ3n) is 7.12. The van der Waals surface area contributed by atoms with E-state index in [1.165, 1.54) is 0 Å². The van der Waals surface area contributed by atoms with Gasteiger partial charge in [-0.1, -0.05) is 127 Å². The van der Waals surface area contributed by atoms with Crippen molar-refractivity contribution in [1.29, 1.82) is 0 Å². The molecule has 0 aliphatic heterocycles. The van der Waals surface area contributed by atoms with Crippen molar-refractivity contribution >= 4 is 6.09 Å². The van der Waals surface area contributed by atoms with E-state index < -0.39 is 24.3 Å². The number of ether oxygens (including phenoxy) is 3. The molecule has 4 rings (SSSR count). The molecule has 0 bridgehead atoms. The highest BCUT2D eigenvalue weighted by Crippen LogP contribution is 2.22. The molecule has 4 aromatic carbocycles. The topological polar surface area (TPSA) is 68.2 Å². The maximum Gasteiger partial charge on any atom is 0.410 e. The molecule has 224 valence electrons. The third kappa shape index (κ3) is 10.8. The first kappa shape index (κ1) is 31.7. The van der Waals surface area contributed by atoms with Crippen LogP contribution in [0.4, 0.5) is 4.79 Å². The van der Waals surface area contributed by atoms with Gasteiger partial charge in [0.2, 0.25) is 0 Å². The van der Waals surface area contributed by atoms with Gasteiger partial charge in [-0.15, -0.1) is 6.58 Å². The average molecular weight is 580 g/mol. The van der Waals surface area contributed by atoms with Crippen molar-refractivity contribution in [3.05, 3.63) is 156 Å². The molecule has 0 aliphatic carbocycles. The quantitative estimate of drug-likeness (QED) is 0.133. The van der Waals surface area contributed by atoms with Gasteiger partial charge in [0.05, 0.1) is 38.1 Å². The predicted octanol–water partition coefficient (Wildman–Crippen LogP) is 7.32. The van der Waals surface area contributed by atoms with Gasteiger partial charge >= 0.3 is 6.09 Å². The van der Waals surface area contributed by atoms with E-state index in [4.69, 9.17) is 14.2 Å². The fraction of sp³-hybridized carbons (Fsp3) is 0.270. The van der Waals surface area contributed by atoms with E-state index in [-0.39, 0.29) is 26.2 Å². The zero-order valence-corrected chi connectivity index (χ0v) is 24.5. The summed E-state index contributed by atoms with van der Waals surface area (Å²) in [7, 11) is 0. The minimum absolute atomic E-state index is 0.136. The third-order valence-corrected chi connectivity index (χ3v) is 7.12. The molecule has 0 spiro atoms. The molecule has 0 saturated carbocycles. The number of hydrogen-bond donors (Lipinski definition) is 1. The maximum absolute atomic E-state index is 13.9. The standard InChI is InChI=1S/C37H41NO5/c1-2-15-34(39)24-36(42-27-32-20-11-5-12-21-32)35(29-41-26-31-18-9-4-10-19-31)38(25-30-16-7-3-8-17-30)37(40)43-28-33-22-13-6-14-23-33/h2-14,16-23,34-36,39H,1,15,24-29H2/t34-,35+,36+/m1/s1. The first-order valence-corrected chi connectivity index (χ1v) is 14.7. The number of aliphatic hydroxyl groups is 1. The van der Waals surface area contributed by atoms with Gasteiger partial charge in [-0.05, 0) is 28.7 Å². The summed E-state index contributed by atoms with van der Waals surface area (Å²) in [5.41, 5.74) is 3.86. The highest BCUT2D eigenvalue weighted by Gasteiger charge is 2.34. The largest absolute Gasteiger partial charge is 0.445 e. The van der Waals surface area contributed by atoms with Gasteiger partial charge in [-0.2, -0.15) is 0 Å². The van der Waals surface area contributed by atoms with Crippen LogP contribution in [0.25, 0.3) is 0 Å². The number of carbonyl (C=O) groups is 1. The van der Waals surface area contributed by atoms with Crippen LogP contribution < -0.4 is 0 Å². The highest BCUT2D eigenvalue weighted by atomic mass is 16.6. The van der Waals surface area contributed by atoms with E-state index in [1.54, 1.807) is 11.0 Å². The molecule has 0 fully saturated rings. The second-order valence-electron chi connectivity index (χ2n) is 10.5. The number of benzene rings is 4. The number of amides is 1. The molecule has 6 heteroatoms. The molecule has 4 aromatic rings. The number of carbonyl (C=O) groups excluding carboxylic acids is 1. The lowest BCUT2D eigenvalue weighted by Crippen LogP contribution is -2.51. The van der Waals surface area contributed by atoms with Crippen LogP contribution in [0.1, 0.15) is 35.1 Å². The van der Waals surface area contributed by atoms with E-state index in [9.17, 15) is 9.90 Å². The minimum Gasteiger partial charge on any atom is -0.445 e. The van der Waals surface area contributed by atoms with Gasteiger partial charge in [0.25, 0.3) is 0 Å². The summed E-state index contributed by atoms with van der Waals surface area (Å²) < 4.78 is 18.6. The van der Waals surface area contributed by atoms with Crippen LogP contribution in [-0.2, 0) is 40.6 Å². The number of nitrogens with zero attached hydrogens (tertiary/aromatic N) is 1. The van der Waals surface area contributed by atoms with Crippen LogP contribution in [0.2, 0.25) is 0 Å². The molecule has 3 atom stereocenters. The van der Waals surface area contributed by atoms with E-state index in [0.29, 0.717) is 19.6 Å². The van der Waals surface area contributed by atoms with Crippen molar-refractivity contribution in [3.63, 3.8) is 0 Å². The number of hydrogen-bond acceptors (Lipinski definition) is 5. The summed E-state index contributed by atoms with van der Waals surface area (Å²) in [5.74, 6) is 0. The Balaban J connectivity index is 1.64.